The summed E-state index contributed by atoms with van der Waals surface area (Å²) in [5, 5.41) is 0. The van der Waals surface area contributed by atoms with Gasteiger partial charge in [0.25, 0.3) is 0 Å². The Balaban J connectivity index is 2.27. The van der Waals surface area contributed by atoms with Gasteiger partial charge in [-0.15, -0.1) is 0 Å². The second kappa shape index (κ2) is 6.30. The maximum atomic E-state index is 11.2. The summed E-state index contributed by atoms with van der Waals surface area (Å²) in [6.45, 7) is 3.90. The van der Waals surface area contributed by atoms with Gasteiger partial charge in [0, 0.05) is 23.8 Å². The quantitative estimate of drug-likeness (QED) is 0.846. The van der Waals surface area contributed by atoms with Crippen molar-refractivity contribution >= 4 is 9.84 Å². The third-order valence-electron chi connectivity index (χ3n) is 3.31. The number of aryl methyl sites for hydroxylation is 2. The fourth-order valence-corrected chi connectivity index (χ4v) is 2.71. The van der Waals surface area contributed by atoms with Gasteiger partial charge in [-0.2, -0.15) is 0 Å². The molecule has 0 saturated heterocycles. The van der Waals surface area contributed by atoms with Crippen LogP contribution in [0.15, 0.2) is 24.4 Å². The normalized spacial score (nSPS) is 11.6. The van der Waals surface area contributed by atoms with Crippen molar-refractivity contribution in [1.29, 1.82) is 0 Å². The zero-order valence-electron chi connectivity index (χ0n) is 12.5. The highest BCUT2D eigenvalue weighted by Crippen LogP contribution is 2.17. The lowest BCUT2D eigenvalue weighted by Crippen LogP contribution is -2.08. The average molecular weight is 305 g/mol. The molecule has 0 amide bonds. The lowest BCUT2D eigenvalue weighted by atomic mass is 10.1. The molecular formula is C15H19N3O2S. The molecule has 2 rings (SSSR count). The number of hydrogen-bond donors (Lipinski definition) is 0. The Kier molecular flexibility index (Phi) is 4.67. The van der Waals surface area contributed by atoms with Crippen LogP contribution in [0.4, 0.5) is 0 Å². The van der Waals surface area contributed by atoms with Crippen molar-refractivity contribution in [3.8, 4) is 11.5 Å². The maximum Gasteiger partial charge on any atom is 0.178 e. The first-order valence-electron chi connectivity index (χ1n) is 6.80. The highest BCUT2D eigenvalue weighted by Gasteiger charge is 2.11. The topological polar surface area (TPSA) is 72.8 Å². The standard InChI is InChI=1S/C15H19N3O2S/c1-11-12(2)17-15(14-7-4-5-9-16-14)18-13(11)8-6-10-21(3,19)20/h4-5,7,9H,6,8,10H2,1-3H3. The third kappa shape index (κ3) is 4.32. The van der Waals surface area contributed by atoms with Gasteiger partial charge in [0.1, 0.15) is 15.5 Å². The van der Waals surface area contributed by atoms with E-state index in [9.17, 15) is 8.42 Å². The van der Waals surface area contributed by atoms with Crippen LogP contribution in [0, 0.1) is 13.8 Å². The number of rotatable bonds is 5. The summed E-state index contributed by atoms with van der Waals surface area (Å²) in [6, 6.07) is 5.60. The number of pyridine rings is 1. The van der Waals surface area contributed by atoms with E-state index in [-0.39, 0.29) is 5.75 Å². The minimum absolute atomic E-state index is 0.175. The molecule has 0 N–H and O–H groups in total. The molecule has 5 nitrogen and oxygen atoms in total. The number of aromatic nitrogens is 3. The smallest absolute Gasteiger partial charge is 0.178 e. The van der Waals surface area contributed by atoms with E-state index >= 15 is 0 Å². The average Bonchev–Trinajstić information content (AvgIpc) is 2.43. The zero-order valence-corrected chi connectivity index (χ0v) is 13.3. The Labute approximate surface area is 125 Å². The molecule has 0 radical (unpaired) electrons. The fraction of sp³-hybridized carbons (Fsp3) is 0.400. The van der Waals surface area contributed by atoms with Gasteiger partial charge in [0.05, 0.1) is 5.75 Å². The fourth-order valence-electron chi connectivity index (χ4n) is 2.04. The molecule has 0 aliphatic rings. The molecule has 0 aliphatic heterocycles. The summed E-state index contributed by atoms with van der Waals surface area (Å²) in [7, 11) is -2.94. The first-order valence-corrected chi connectivity index (χ1v) is 8.86. The van der Waals surface area contributed by atoms with Crippen molar-refractivity contribution in [2.24, 2.45) is 0 Å². The van der Waals surface area contributed by atoms with Crippen LogP contribution in [0.2, 0.25) is 0 Å². The van der Waals surface area contributed by atoms with Crippen LogP contribution in [-0.4, -0.2) is 35.4 Å². The number of sulfone groups is 1. The minimum Gasteiger partial charge on any atom is -0.253 e. The number of hydrogen-bond acceptors (Lipinski definition) is 5. The van der Waals surface area contributed by atoms with Gasteiger partial charge in [0.2, 0.25) is 0 Å². The SMILES string of the molecule is Cc1nc(-c2ccccn2)nc(CCCS(C)(=O)=O)c1C. The van der Waals surface area contributed by atoms with Crippen LogP contribution in [0.5, 0.6) is 0 Å². The Morgan fingerprint density at radius 2 is 1.90 bits per heavy atom. The molecule has 0 atom stereocenters. The molecule has 2 aromatic heterocycles. The van der Waals surface area contributed by atoms with E-state index in [2.05, 4.69) is 15.0 Å². The predicted octanol–water partition coefficient (Wildman–Crippen LogP) is 2.13. The molecule has 2 aromatic rings. The third-order valence-corrected chi connectivity index (χ3v) is 4.34. The zero-order chi connectivity index (χ0) is 15.5. The number of nitrogens with zero attached hydrogens (tertiary/aromatic N) is 3. The lowest BCUT2D eigenvalue weighted by molar-refractivity contribution is 0.599. The van der Waals surface area contributed by atoms with Crippen LogP contribution in [0.3, 0.4) is 0 Å². The second-order valence-electron chi connectivity index (χ2n) is 5.15. The van der Waals surface area contributed by atoms with E-state index in [4.69, 9.17) is 0 Å². The molecule has 112 valence electrons. The Bertz CT molecular complexity index is 728. The molecule has 0 aromatic carbocycles. The summed E-state index contributed by atoms with van der Waals surface area (Å²) in [5.74, 6) is 0.766. The van der Waals surface area contributed by atoms with E-state index in [1.165, 1.54) is 6.26 Å². The van der Waals surface area contributed by atoms with Crippen molar-refractivity contribution in [3.05, 3.63) is 41.3 Å². The molecule has 0 saturated carbocycles. The van der Waals surface area contributed by atoms with Gasteiger partial charge >= 0.3 is 0 Å². The molecule has 2 heterocycles. The van der Waals surface area contributed by atoms with Gasteiger partial charge in [-0.3, -0.25) is 4.98 Å². The van der Waals surface area contributed by atoms with Gasteiger partial charge in [-0.1, -0.05) is 6.07 Å². The lowest BCUT2D eigenvalue weighted by Gasteiger charge is -2.10. The van der Waals surface area contributed by atoms with Crippen molar-refractivity contribution in [1.82, 2.24) is 15.0 Å². The molecule has 0 unspecified atom stereocenters. The van der Waals surface area contributed by atoms with Gasteiger partial charge in [-0.25, -0.2) is 18.4 Å². The van der Waals surface area contributed by atoms with Crippen molar-refractivity contribution < 1.29 is 8.42 Å². The summed E-state index contributed by atoms with van der Waals surface area (Å²) in [5.41, 5.74) is 3.54. The highest BCUT2D eigenvalue weighted by molar-refractivity contribution is 7.90. The van der Waals surface area contributed by atoms with Crippen LogP contribution in [0.25, 0.3) is 11.5 Å². The molecule has 0 bridgehead atoms. The first kappa shape index (κ1) is 15.6. The van der Waals surface area contributed by atoms with Crippen molar-refractivity contribution in [2.75, 3.05) is 12.0 Å². The predicted molar refractivity (Wildman–Crippen MR) is 82.8 cm³/mol. The molecule has 0 aliphatic carbocycles. The molecule has 6 heteroatoms. The maximum absolute atomic E-state index is 11.2. The van der Waals surface area contributed by atoms with Crippen molar-refractivity contribution in [3.63, 3.8) is 0 Å². The van der Waals surface area contributed by atoms with E-state index < -0.39 is 9.84 Å². The van der Waals surface area contributed by atoms with Crippen LogP contribution < -0.4 is 0 Å². The minimum atomic E-state index is -2.94. The van der Waals surface area contributed by atoms with E-state index in [0.717, 1.165) is 22.6 Å². The Hall–Kier alpha value is -1.82. The Morgan fingerprint density at radius 1 is 1.14 bits per heavy atom. The van der Waals surface area contributed by atoms with Crippen LogP contribution in [0.1, 0.15) is 23.4 Å². The van der Waals surface area contributed by atoms with E-state index in [1.807, 2.05) is 32.0 Å². The molecule has 0 fully saturated rings. The van der Waals surface area contributed by atoms with Gasteiger partial charge in [0.15, 0.2) is 5.82 Å². The van der Waals surface area contributed by atoms with E-state index in [1.54, 1.807) is 6.20 Å². The summed E-state index contributed by atoms with van der Waals surface area (Å²) >= 11 is 0. The summed E-state index contributed by atoms with van der Waals surface area (Å²) in [4.78, 5) is 13.3. The summed E-state index contributed by atoms with van der Waals surface area (Å²) in [6.07, 6.45) is 4.15. The second-order valence-corrected chi connectivity index (χ2v) is 7.41. The summed E-state index contributed by atoms with van der Waals surface area (Å²) < 4.78 is 22.4. The highest BCUT2D eigenvalue weighted by atomic mass is 32.2. The van der Waals surface area contributed by atoms with Crippen LogP contribution >= 0.6 is 0 Å². The monoisotopic (exact) mass is 305 g/mol. The van der Waals surface area contributed by atoms with Gasteiger partial charge < -0.3 is 0 Å². The van der Waals surface area contributed by atoms with E-state index in [0.29, 0.717) is 18.7 Å². The largest absolute Gasteiger partial charge is 0.253 e. The molecule has 0 spiro atoms. The van der Waals surface area contributed by atoms with Crippen molar-refractivity contribution in [2.45, 2.75) is 26.7 Å². The van der Waals surface area contributed by atoms with Crippen LogP contribution in [-0.2, 0) is 16.3 Å². The molecular weight excluding hydrogens is 286 g/mol. The molecule has 21 heavy (non-hydrogen) atoms. The van der Waals surface area contributed by atoms with Gasteiger partial charge in [-0.05, 0) is 44.4 Å². The first-order chi connectivity index (χ1) is 9.87. The Morgan fingerprint density at radius 3 is 2.52 bits per heavy atom.